The molecular weight excluding hydrogens is 478 g/mol. The van der Waals surface area contributed by atoms with E-state index < -0.39 is 10.0 Å². The molecule has 0 aliphatic rings. The third-order valence-electron chi connectivity index (χ3n) is 5.62. The van der Waals surface area contributed by atoms with Gasteiger partial charge in [0.05, 0.1) is 11.8 Å². The minimum absolute atomic E-state index is 0.00931. The third-order valence-corrected chi connectivity index (χ3v) is 8.54. The molecule has 3 N–H and O–H groups in total. The summed E-state index contributed by atoms with van der Waals surface area (Å²) in [5.74, 6) is 2.04. The number of carbonyl (C=O) groups is 1. The second kappa shape index (κ2) is 23.6. The maximum Gasteiger partial charge on any atom is 0.314 e. The molecule has 0 aliphatic carbocycles. The van der Waals surface area contributed by atoms with Gasteiger partial charge >= 0.3 is 6.03 Å². The predicted octanol–water partition coefficient (Wildman–Crippen LogP) is 6.05. The van der Waals surface area contributed by atoms with Gasteiger partial charge in [-0.2, -0.15) is 11.8 Å². The minimum atomic E-state index is -3.36. The SMILES string of the molecule is CCCCCCCCCCCCCCCCSCC(CNS(=O)(=O)CCCCl)NC(=O)NC. The van der Waals surface area contributed by atoms with Gasteiger partial charge in [0, 0.05) is 25.2 Å². The lowest BCUT2D eigenvalue weighted by molar-refractivity contribution is 0.240. The van der Waals surface area contributed by atoms with Crippen molar-refractivity contribution in [2.24, 2.45) is 0 Å². The van der Waals surface area contributed by atoms with E-state index in [4.69, 9.17) is 11.6 Å². The van der Waals surface area contributed by atoms with Gasteiger partial charge < -0.3 is 10.6 Å². The van der Waals surface area contributed by atoms with Crippen molar-refractivity contribution in [1.82, 2.24) is 15.4 Å². The fraction of sp³-hybridized carbons (Fsp3) is 0.958. The summed E-state index contributed by atoms with van der Waals surface area (Å²) in [7, 11) is -1.80. The van der Waals surface area contributed by atoms with Crippen molar-refractivity contribution in [3.63, 3.8) is 0 Å². The fourth-order valence-electron chi connectivity index (χ4n) is 3.58. The number of thioether (sulfide) groups is 1. The number of hydrogen-bond donors (Lipinski definition) is 3. The van der Waals surface area contributed by atoms with Crippen molar-refractivity contribution in [3.05, 3.63) is 0 Å². The number of halogens is 1. The summed E-state index contributed by atoms with van der Waals surface area (Å²) in [4.78, 5) is 11.7. The topological polar surface area (TPSA) is 87.3 Å². The normalized spacial score (nSPS) is 12.6. The fourth-order valence-corrected chi connectivity index (χ4v) is 6.05. The molecule has 6 nitrogen and oxygen atoms in total. The van der Waals surface area contributed by atoms with Crippen LogP contribution in [-0.2, 0) is 10.0 Å². The highest BCUT2D eigenvalue weighted by molar-refractivity contribution is 7.99. The van der Waals surface area contributed by atoms with Gasteiger partial charge in [-0.15, -0.1) is 11.6 Å². The standard InChI is InChI=1S/C24H50ClN3O3S2/c1-3-4-5-6-7-8-9-10-11-12-13-14-15-16-19-32-22-23(28-24(29)26-2)21-27-33(30,31)20-17-18-25/h23,27H,3-22H2,1-2H3,(H2,26,28,29). The van der Waals surface area contributed by atoms with Crippen LogP contribution in [0.2, 0.25) is 0 Å². The molecule has 0 heterocycles. The van der Waals surface area contributed by atoms with Gasteiger partial charge in [-0.25, -0.2) is 17.9 Å². The lowest BCUT2D eigenvalue weighted by Gasteiger charge is -2.19. The zero-order valence-corrected chi connectivity index (χ0v) is 23.5. The highest BCUT2D eigenvalue weighted by Crippen LogP contribution is 2.14. The van der Waals surface area contributed by atoms with Crippen LogP contribution in [0.25, 0.3) is 0 Å². The zero-order valence-electron chi connectivity index (χ0n) is 21.1. The van der Waals surface area contributed by atoms with E-state index in [1.165, 1.54) is 83.5 Å². The average Bonchev–Trinajstić information content (AvgIpc) is 2.80. The molecule has 2 amide bonds. The third kappa shape index (κ3) is 23.3. The lowest BCUT2D eigenvalue weighted by Crippen LogP contribution is -2.48. The lowest BCUT2D eigenvalue weighted by atomic mass is 10.0. The van der Waals surface area contributed by atoms with Crippen molar-refractivity contribution in [2.45, 2.75) is 109 Å². The van der Waals surface area contributed by atoms with Crippen LogP contribution >= 0.6 is 23.4 Å². The first kappa shape index (κ1) is 32.8. The van der Waals surface area contributed by atoms with Crippen molar-refractivity contribution >= 4 is 39.4 Å². The smallest absolute Gasteiger partial charge is 0.314 e. The van der Waals surface area contributed by atoms with E-state index in [1.807, 2.05) is 0 Å². The number of hydrogen-bond acceptors (Lipinski definition) is 4. The Balaban J connectivity index is 3.74. The molecule has 0 fully saturated rings. The summed E-state index contributed by atoms with van der Waals surface area (Å²) in [6.45, 7) is 2.47. The number of amides is 2. The molecule has 198 valence electrons. The summed E-state index contributed by atoms with van der Waals surface area (Å²) in [6, 6.07) is -0.538. The van der Waals surface area contributed by atoms with Gasteiger partial charge in [0.15, 0.2) is 0 Å². The molecule has 1 unspecified atom stereocenters. The van der Waals surface area contributed by atoms with Gasteiger partial charge in [0.25, 0.3) is 0 Å². The first-order valence-corrected chi connectivity index (χ1v) is 16.4. The van der Waals surface area contributed by atoms with Crippen LogP contribution in [0.5, 0.6) is 0 Å². The van der Waals surface area contributed by atoms with Gasteiger partial charge in [-0.1, -0.05) is 90.4 Å². The van der Waals surface area contributed by atoms with Crippen molar-refractivity contribution in [3.8, 4) is 0 Å². The van der Waals surface area contributed by atoms with Crippen LogP contribution in [0, 0.1) is 0 Å². The number of unbranched alkanes of at least 4 members (excludes halogenated alkanes) is 13. The van der Waals surface area contributed by atoms with Gasteiger partial charge in [-0.3, -0.25) is 0 Å². The van der Waals surface area contributed by atoms with Gasteiger partial charge in [0.2, 0.25) is 10.0 Å². The number of sulfonamides is 1. The van der Waals surface area contributed by atoms with Crippen LogP contribution < -0.4 is 15.4 Å². The molecule has 0 aliphatic heterocycles. The Kier molecular flexibility index (Phi) is 23.4. The molecule has 0 aromatic carbocycles. The Morgan fingerprint density at radius 2 is 1.36 bits per heavy atom. The summed E-state index contributed by atoms with van der Waals surface area (Å²) >= 11 is 7.35. The number of rotatable bonds is 24. The van der Waals surface area contributed by atoms with E-state index in [9.17, 15) is 13.2 Å². The Hall–Kier alpha value is -0.180. The molecule has 0 bridgehead atoms. The average molecular weight is 528 g/mol. The minimum Gasteiger partial charge on any atom is -0.341 e. The zero-order chi connectivity index (χ0) is 24.6. The number of carbonyl (C=O) groups excluding carboxylic acids is 1. The first-order valence-electron chi connectivity index (χ1n) is 13.0. The molecule has 0 saturated heterocycles. The predicted molar refractivity (Wildman–Crippen MR) is 146 cm³/mol. The summed E-state index contributed by atoms with van der Waals surface area (Å²) in [6.07, 6.45) is 19.3. The van der Waals surface area contributed by atoms with Crippen LogP contribution in [-0.4, -0.2) is 57.2 Å². The number of nitrogens with one attached hydrogen (secondary N) is 3. The molecular formula is C24H50ClN3O3S2. The highest BCUT2D eigenvalue weighted by atomic mass is 35.5. The van der Waals surface area contributed by atoms with E-state index in [2.05, 4.69) is 22.3 Å². The molecule has 0 aromatic heterocycles. The Morgan fingerprint density at radius 1 is 0.848 bits per heavy atom. The molecule has 9 heteroatoms. The highest BCUT2D eigenvalue weighted by Gasteiger charge is 2.16. The maximum atomic E-state index is 12.0. The molecule has 0 saturated carbocycles. The van der Waals surface area contributed by atoms with Gasteiger partial charge in [-0.05, 0) is 18.6 Å². The number of urea groups is 1. The molecule has 0 spiro atoms. The van der Waals surface area contributed by atoms with Crippen LogP contribution in [0.1, 0.15) is 103 Å². The molecule has 0 aromatic rings. The second-order valence-electron chi connectivity index (χ2n) is 8.80. The van der Waals surface area contributed by atoms with Crippen LogP contribution in [0.15, 0.2) is 0 Å². The van der Waals surface area contributed by atoms with E-state index in [0.717, 1.165) is 12.2 Å². The van der Waals surface area contributed by atoms with E-state index in [-0.39, 0.29) is 24.4 Å². The molecule has 33 heavy (non-hydrogen) atoms. The Bertz CT molecular complexity index is 551. The Labute approximate surface area is 213 Å². The van der Waals surface area contributed by atoms with Crippen LogP contribution in [0.4, 0.5) is 4.79 Å². The summed E-state index contributed by atoms with van der Waals surface area (Å²) in [5.41, 5.74) is 0. The van der Waals surface area contributed by atoms with Gasteiger partial charge in [0.1, 0.15) is 0 Å². The van der Waals surface area contributed by atoms with E-state index in [0.29, 0.717) is 18.1 Å². The molecule has 0 rings (SSSR count). The van der Waals surface area contributed by atoms with Crippen LogP contribution in [0.3, 0.4) is 0 Å². The van der Waals surface area contributed by atoms with E-state index in [1.54, 1.807) is 18.8 Å². The van der Waals surface area contributed by atoms with Crippen molar-refractivity contribution < 1.29 is 13.2 Å². The largest absolute Gasteiger partial charge is 0.341 e. The maximum absolute atomic E-state index is 12.0. The summed E-state index contributed by atoms with van der Waals surface area (Å²) < 4.78 is 26.5. The second-order valence-corrected chi connectivity index (χ2v) is 12.3. The van der Waals surface area contributed by atoms with Crippen molar-refractivity contribution in [2.75, 3.05) is 36.7 Å². The first-order chi connectivity index (χ1) is 15.9. The summed E-state index contributed by atoms with van der Waals surface area (Å²) in [5, 5.41) is 5.35. The molecule has 0 radical (unpaired) electrons. The Morgan fingerprint density at radius 3 is 1.85 bits per heavy atom. The van der Waals surface area contributed by atoms with E-state index >= 15 is 0 Å². The molecule has 1 atom stereocenters. The van der Waals surface area contributed by atoms with Crippen molar-refractivity contribution in [1.29, 1.82) is 0 Å². The quantitative estimate of drug-likeness (QED) is 0.105. The monoisotopic (exact) mass is 527 g/mol. The number of alkyl halides is 1.